The lowest BCUT2D eigenvalue weighted by Gasteiger charge is -2.11. The Kier molecular flexibility index (Phi) is 14.5. The zero-order chi connectivity index (χ0) is 27.8. The molecule has 0 fully saturated rings. The Balaban J connectivity index is 0.000000352. The first-order chi connectivity index (χ1) is 17.8. The van der Waals surface area contributed by atoms with Gasteiger partial charge in [-0.05, 0) is 68.9 Å². The van der Waals surface area contributed by atoms with Crippen LogP contribution in [0, 0.1) is 12.7 Å². The van der Waals surface area contributed by atoms with Crippen molar-refractivity contribution in [2.45, 2.75) is 30.2 Å². The number of nitrogens with one attached hydrogen (secondary N) is 2. The molecule has 0 radical (unpaired) electrons. The fourth-order valence-electron chi connectivity index (χ4n) is 2.92. The number of aromatic nitrogens is 1. The van der Waals surface area contributed by atoms with E-state index in [9.17, 15) is 9.18 Å². The highest BCUT2D eigenvalue weighted by Gasteiger charge is 2.07. The Morgan fingerprint density at radius 2 is 1.86 bits per heavy atom. The summed E-state index contributed by atoms with van der Waals surface area (Å²) < 4.78 is 13.1. The van der Waals surface area contributed by atoms with E-state index in [1.54, 1.807) is 47.4 Å². The van der Waals surface area contributed by atoms with Gasteiger partial charge in [0.05, 0.1) is 0 Å². The number of aryl methyl sites for hydroxylation is 1. The number of aliphatic hydroxyl groups excluding tert-OH is 1. The van der Waals surface area contributed by atoms with Gasteiger partial charge in [-0.3, -0.25) is 4.79 Å². The summed E-state index contributed by atoms with van der Waals surface area (Å²) in [5, 5.41) is 16.1. The molecule has 9 heteroatoms. The summed E-state index contributed by atoms with van der Waals surface area (Å²) in [5.74, 6) is -0.182. The Morgan fingerprint density at radius 1 is 1.16 bits per heavy atom. The number of anilines is 1. The second kappa shape index (κ2) is 17.0. The lowest BCUT2D eigenvalue weighted by atomic mass is 10.2. The minimum atomic E-state index is -0.230. The first-order valence-electron chi connectivity index (χ1n) is 11.1. The maximum Gasteiger partial charge on any atom is 0.150 e. The van der Waals surface area contributed by atoms with Crippen molar-refractivity contribution < 1.29 is 19.1 Å². The molecule has 0 aliphatic heterocycles. The molecule has 0 unspecified atom stereocenters. The Hall–Kier alpha value is -3.53. The summed E-state index contributed by atoms with van der Waals surface area (Å²) in [6.45, 7) is 10.1. The molecule has 196 valence electrons. The number of aliphatic hydroxyl groups is 1. The van der Waals surface area contributed by atoms with Crippen LogP contribution in [-0.2, 0) is 11.3 Å². The van der Waals surface area contributed by atoms with E-state index in [1.807, 2.05) is 59.1 Å². The number of hydrogen-bond donors (Lipinski definition) is 3. The number of rotatable bonds is 9. The molecule has 0 saturated carbocycles. The number of thiazole rings is 1. The van der Waals surface area contributed by atoms with Crippen LogP contribution >= 0.6 is 23.1 Å². The van der Waals surface area contributed by atoms with Gasteiger partial charge in [-0.1, -0.05) is 30.5 Å². The van der Waals surface area contributed by atoms with E-state index in [-0.39, 0.29) is 11.6 Å². The van der Waals surface area contributed by atoms with E-state index in [0.717, 1.165) is 44.5 Å². The maximum absolute atomic E-state index is 13.1. The monoisotopic (exact) mass is 541 g/mol. The quantitative estimate of drug-likeness (QED) is 0.155. The molecule has 0 amide bonds. The van der Waals surface area contributed by atoms with Gasteiger partial charge in [-0.15, -0.1) is 11.3 Å². The summed E-state index contributed by atoms with van der Waals surface area (Å²) in [5.41, 5.74) is 3.40. The zero-order valence-corrected chi connectivity index (χ0v) is 23.0. The second-order valence-corrected chi connectivity index (χ2v) is 9.57. The number of carbonyl (C=O) groups is 2. The Morgan fingerprint density at radius 3 is 2.43 bits per heavy atom. The molecule has 3 aromatic rings. The van der Waals surface area contributed by atoms with Gasteiger partial charge in [-0.2, -0.15) is 0 Å². The normalized spacial score (nSPS) is 10.7. The SMILES string of the molecule is C=C(O)/C=C\C(=C/C)c1ncc(CNC)s1.C=O.CNc1cc(C=O)ccc1Sc1ccc(F)cc1C. The highest BCUT2D eigenvalue weighted by molar-refractivity contribution is 7.99. The molecule has 0 saturated heterocycles. The van der Waals surface area contributed by atoms with Gasteiger partial charge in [0.15, 0.2) is 0 Å². The van der Waals surface area contributed by atoms with Crippen LogP contribution in [-0.4, -0.2) is 37.3 Å². The van der Waals surface area contributed by atoms with Gasteiger partial charge < -0.3 is 20.5 Å². The maximum atomic E-state index is 13.1. The van der Waals surface area contributed by atoms with Crippen molar-refractivity contribution in [1.29, 1.82) is 0 Å². The zero-order valence-electron chi connectivity index (χ0n) is 21.4. The summed E-state index contributed by atoms with van der Waals surface area (Å²) in [6, 6.07) is 10.2. The van der Waals surface area contributed by atoms with E-state index < -0.39 is 0 Å². The average Bonchev–Trinajstić information content (AvgIpc) is 3.36. The highest BCUT2D eigenvalue weighted by Crippen LogP contribution is 2.35. The number of carbonyl (C=O) groups excluding carboxylic acids is 2. The van der Waals surface area contributed by atoms with Gasteiger partial charge in [0.25, 0.3) is 0 Å². The van der Waals surface area contributed by atoms with E-state index in [2.05, 4.69) is 22.2 Å². The van der Waals surface area contributed by atoms with Gasteiger partial charge >= 0.3 is 0 Å². The van der Waals surface area contributed by atoms with Crippen LogP contribution in [0.5, 0.6) is 0 Å². The molecule has 0 aliphatic rings. The minimum absolute atomic E-state index is 0.0476. The van der Waals surface area contributed by atoms with Crippen molar-refractivity contribution in [1.82, 2.24) is 10.3 Å². The smallest absolute Gasteiger partial charge is 0.150 e. The van der Waals surface area contributed by atoms with Crippen LogP contribution in [0.4, 0.5) is 10.1 Å². The van der Waals surface area contributed by atoms with E-state index in [4.69, 9.17) is 9.90 Å². The summed E-state index contributed by atoms with van der Waals surface area (Å²) in [4.78, 5) is 26.3. The van der Waals surface area contributed by atoms with E-state index in [1.165, 1.54) is 17.0 Å². The lowest BCUT2D eigenvalue weighted by Crippen LogP contribution is -2.02. The molecule has 2 aromatic carbocycles. The molecule has 3 rings (SSSR count). The van der Waals surface area contributed by atoms with Crippen molar-refractivity contribution in [3.8, 4) is 0 Å². The fraction of sp³-hybridized carbons (Fsp3) is 0.179. The van der Waals surface area contributed by atoms with E-state index in [0.29, 0.717) is 5.56 Å². The van der Waals surface area contributed by atoms with Crippen LogP contribution in [0.1, 0.15) is 32.7 Å². The standard InChI is InChI=1S/C15H14FNOS.C12H16N2OS.CH2O/c1-10-7-12(16)4-6-14(10)19-15-5-3-11(9-18)8-13(15)17-2;1-4-10(6-5-9(2)15)12-14-8-11(16-12)7-13-3;1-2/h3-9,17H,1-2H3;4-6,8,13,15H,2,7H2,1,3H3;1H2/b;6-5-,10-4+;. The molecule has 0 aliphatic carbocycles. The minimum Gasteiger partial charge on any atom is -0.509 e. The van der Waals surface area contributed by atoms with Crippen LogP contribution < -0.4 is 10.6 Å². The number of aldehydes is 1. The molecular weight excluding hydrogens is 509 g/mol. The highest BCUT2D eigenvalue weighted by atomic mass is 32.2. The number of benzene rings is 2. The van der Waals surface area contributed by atoms with Crippen molar-refractivity contribution in [2.75, 3.05) is 19.4 Å². The third-order valence-corrected chi connectivity index (χ3v) is 6.98. The molecule has 1 heterocycles. The van der Waals surface area contributed by atoms with Crippen molar-refractivity contribution in [2.24, 2.45) is 0 Å². The number of halogens is 1. The van der Waals surface area contributed by atoms with Crippen LogP contribution in [0.2, 0.25) is 0 Å². The number of hydrogen-bond acceptors (Lipinski definition) is 8. The summed E-state index contributed by atoms with van der Waals surface area (Å²) >= 11 is 3.19. The lowest BCUT2D eigenvalue weighted by molar-refractivity contribution is -0.0980. The molecule has 6 nitrogen and oxygen atoms in total. The first kappa shape index (κ1) is 31.5. The molecular formula is C28H32FN3O3S2. The number of nitrogens with zero attached hydrogens (tertiary/aromatic N) is 1. The largest absolute Gasteiger partial charge is 0.509 e. The van der Waals surface area contributed by atoms with Crippen molar-refractivity contribution in [3.05, 3.63) is 100.0 Å². The average molecular weight is 542 g/mol. The molecule has 3 N–H and O–H groups in total. The topological polar surface area (TPSA) is 91.3 Å². The van der Waals surface area contributed by atoms with Crippen molar-refractivity contribution in [3.63, 3.8) is 0 Å². The Bertz CT molecular complexity index is 1240. The second-order valence-electron chi connectivity index (χ2n) is 7.37. The fourth-order valence-corrected chi connectivity index (χ4v) is 4.90. The van der Waals surface area contributed by atoms with Gasteiger partial charge in [0, 0.05) is 51.3 Å². The van der Waals surface area contributed by atoms with Gasteiger partial charge in [0.2, 0.25) is 0 Å². The van der Waals surface area contributed by atoms with Gasteiger partial charge in [-0.25, -0.2) is 9.37 Å². The van der Waals surface area contributed by atoms with Gasteiger partial charge in [0.1, 0.15) is 29.7 Å². The molecule has 0 spiro atoms. The molecule has 0 atom stereocenters. The molecule has 0 bridgehead atoms. The Labute approximate surface area is 226 Å². The van der Waals surface area contributed by atoms with Crippen LogP contribution in [0.15, 0.2) is 83.0 Å². The van der Waals surface area contributed by atoms with Crippen LogP contribution in [0.25, 0.3) is 5.57 Å². The van der Waals surface area contributed by atoms with Crippen molar-refractivity contribution >= 4 is 47.4 Å². The molecule has 37 heavy (non-hydrogen) atoms. The van der Waals surface area contributed by atoms with Crippen LogP contribution in [0.3, 0.4) is 0 Å². The third-order valence-electron chi connectivity index (χ3n) is 4.68. The molecule has 1 aromatic heterocycles. The van der Waals surface area contributed by atoms with E-state index >= 15 is 0 Å². The summed E-state index contributed by atoms with van der Waals surface area (Å²) in [6.07, 6.45) is 8.01. The first-order valence-corrected chi connectivity index (χ1v) is 12.8. The predicted octanol–water partition coefficient (Wildman–Crippen LogP) is 6.85. The predicted molar refractivity (Wildman–Crippen MR) is 153 cm³/mol. The summed E-state index contributed by atoms with van der Waals surface area (Å²) in [7, 11) is 3.72. The third kappa shape index (κ3) is 10.5. The number of allylic oxidation sites excluding steroid dienone is 4.